The summed E-state index contributed by atoms with van der Waals surface area (Å²) in [6.45, 7) is 0.0786. The Labute approximate surface area is 101 Å². The Morgan fingerprint density at radius 2 is 1.65 bits per heavy atom. The number of nitrogens with one attached hydrogen (secondary N) is 2. The Balaban J connectivity index is 1.80. The van der Waals surface area contributed by atoms with Crippen molar-refractivity contribution >= 4 is 11.8 Å². The van der Waals surface area contributed by atoms with Crippen LogP contribution in [0.3, 0.4) is 0 Å². The normalized spacial score (nSPS) is 28.5. The van der Waals surface area contributed by atoms with Crippen LogP contribution in [0.1, 0.15) is 38.5 Å². The van der Waals surface area contributed by atoms with Gasteiger partial charge in [0.25, 0.3) is 0 Å². The fourth-order valence-corrected chi connectivity index (χ4v) is 2.33. The fourth-order valence-electron chi connectivity index (χ4n) is 2.33. The summed E-state index contributed by atoms with van der Waals surface area (Å²) in [5, 5.41) is 14.6. The highest BCUT2D eigenvalue weighted by Gasteiger charge is 2.30. The summed E-state index contributed by atoms with van der Waals surface area (Å²) in [5.74, 6) is -0.988. The Bertz CT molecular complexity index is 302. The summed E-state index contributed by atoms with van der Waals surface area (Å²) >= 11 is 0. The Morgan fingerprint density at radius 3 is 2.29 bits per heavy atom. The van der Waals surface area contributed by atoms with Crippen LogP contribution in [-0.2, 0) is 9.59 Å². The van der Waals surface area contributed by atoms with Crippen LogP contribution in [0.5, 0.6) is 0 Å². The van der Waals surface area contributed by atoms with Gasteiger partial charge in [0.1, 0.15) is 0 Å². The van der Waals surface area contributed by atoms with E-state index < -0.39 is 11.8 Å². The molecule has 2 fully saturated rings. The molecule has 0 aromatic heterocycles. The largest absolute Gasteiger partial charge is 0.396 e. The third-order valence-corrected chi connectivity index (χ3v) is 3.58. The van der Waals surface area contributed by atoms with Crippen LogP contribution in [0.25, 0.3) is 0 Å². The molecule has 0 saturated heterocycles. The van der Waals surface area contributed by atoms with Gasteiger partial charge in [-0.3, -0.25) is 9.59 Å². The van der Waals surface area contributed by atoms with Gasteiger partial charge in [-0.25, -0.2) is 0 Å². The molecule has 2 aliphatic rings. The zero-order chi connectivity index (χ0) is 12.3. The minimum absolute atomic E-state index is 0.0498. The Hall–Kier alpha value is -1.10. The van der Waals surface area contributed by atoms with Crippen molar-refractivity contribution in [1.29, 1.82) is 0 Å². The summed E-state index contributed by atoms with van der Waals surface area (Å²) in [6.07, 6.45) is 5.86. The number of aliphatic hydroxyl groups excluding tert-OH is 1. The van der Waals surface area contributed by atoms with Crippen LogP contribution in [0.15, 0.2) is 0 Å². The van der Waals surface area contributed by atoms with E-state index in [-0.39, 0.29) is 24.6 Å². The van der Waals surface area contributed by atoms with E-state index in [1.54, 1.807) is 0 Å². The lowest BCUT2D eigenvalue weighted by Crippen LogP contribution is -2.49. The van der Waals surface area contributed by atoms with Crippen LogP contribution >= 0.6 is 0 Å². The van der Waals surface area contributed by atoms with Gasteiger partial charge in [0, 0.05) is 24.6 Å². The topological polar surface area (TPSA) is 78.4 Å². The molecule has 5 heteroatoms. The van der Waals surface area contributed by atoms with Crippen molar-refractivity contribution in [1.82, 2.24) is 10.6 Å². The van der Waals surface area contributed by atoms with E-state index in [4.69, 9.17) is 0 Å². The van der Waals surface area contributed by atoms with Gasteiger partial charge in [0.05, 0.1) is 0 Å². The smallest absolute Gasteiger partial charge is 0.309 e. The zero-order valence-corrected chi connectivity index (χ0v) is 9.95. The first-order chi connectivity index (χ1) is 8.20. The van der Waals surface area contributed by atoms with Crippen molar-refractivity contribution in [3.05, 3.63) is 0 Å². The summed E-state index contributed by atoms with van der Waals surface area (Å²) in [4.78, 5) is 23.1. The molecule has 0 aliphatic heterocycles. The third-order valence-electron chi connectivity index (χ3n) is 3.58. The maximum absolute atomic E-state index is 11.6. The van der Waals surface area contributed by atoms with Gasteiger partial charge in [-0.05, 0) is 25.7 Å². The molecule has 0 aromatic rings. The molecular formula is C12H20N2O3. The highest BCUT2D eigenvalue weighted by molar-refractivity contribution is 6.35. The molecular weight excluding hydrogens is 220 g/mol. The lowest BCUT2D eigenvalue weighted by Gasteiger charge is -2.30. The SMILES string of the molecule is O=C(NC1CC1)C(=O)N[C@@H]1CCCC[C@H]1CO. The number of amides is 2. The van der Waals surface area contributed by atoms with E-state index >= 15 is 0 Å². The molecule has 0 radical (unpaired) electrons. The lowest BCUT2D eigenvalue weighted by molar-refractivity contribution is -0.140. The summed E-state index contributed by atoms with van der Waals surface area (Å²) < 4.78 is 0. The first-order valence-corrected chi connectivity index (χ1v) is 6.43. The molecule has 3 N–H and O–H groups in total. The van der Waals surface area contributed by atoms with Crippen molar-refractivity contribution < 1.29 is 14.7 Å². The first-order valence-electron chi connectivity index (χ1n) is 6.43. The number of hydrogen-bond acceptors (Lipinski definition) is 3. The van der Waals surface area contributed by atoms with Gasteiger partial charge >= 0.3 is 11.8 Å². The second-order valence-electron chi connectivity index (χ2n) is 5.05. The van der Waals surface area contributed by atoms with Gasteiger partial charge in [-0.15, -0.1) is 0 Å². The molecule has 0 heterocycles. The quantitative estimate of drug-likeness (QED) is 0.604. The molecule has 0 spiro atoms. The minimum Gasteiger partial charge on any atom is -0.396 e. The summed E-state index contributed by atoms with van der Waals surface area (Å²) in [6, 6.07) is 0.152. The van der Waals surface area contributed by atoms with E-state index in [0.717, 1.165) is 38.5 Å². The van der Waals surface area contributed by atoms with Crippen LogP contribution in [0, 0.1) is 5.92 Å². The number of aliphatic hydroxyl groups is 1. The average molecular weight is 240 g/mol. The summed E-state index contributed by atoms with van der Waals surface area (Å²) in [7, 11) is 0. The van der Waals surface area contributed by atoms with Crippen molar-refractivity contribution in [2.24, 2.45) is 5.92 Å². The average Bonchev–Trinajstić information content (AvgIpc) is 3.13. The van der Waals surface area contributed by atoms with E-state index in [9.17, 15) is 14.7 Å². The van der Waals surface area contributed by atoms with Crippen molar-refractivity contribution in [3.63, 3.8) is 0 Å². The molecule has 2 rings (SSSR count). The third kappa shape index (κ3) is 3.43. The van der Waals surface area contributed by atoms with E-state index in [0.29, 0.717) is 0 Å². The highest BCUT2D eigenvalue weighted by Crippen LogP contribution is 2.24. The van der Waals surface area contributed by atoms with Gasteiger partial charge in [0.15, 0.2) is 0 Å². The first kappa shape index (κ1) is 12.4. The monoisotopic (exact) mass is 240 g/mol. The second kappa shape index (κ2) is 5.49. The lowest BCUT2D eigenvalue weighted by atomic mass is 9.85. The van der Waals surface area contributed by atoms with Crippen LogP contribution < -0.4 is 10.6 Å². The molecule has 0 aromatic carbocycles. The standard InChI is InChI=1S/C12H20N2O3/c15-7-8-3-1-2-4-10(8)14-12(17)11(16)13-9-5-6-9/h8-10,15H,1-7H2,(H,13,16)(H,14,17)/t8-,10+/m0/s1. The maximum Gasteiger partial charge on any atom is 0.309 e. The highest BCUT2D eigenvalue weighted by atomic mass is 16.3. The molecule has 2 amide bonds. The van der Waals surface area contributed by atoms with Gasteiger partial charge in [-0.2, -0.15) is 0 Å². The number of carbonyl (C=O) groups is 2. The molecule has 0 unspecified atom stereocenters. The van der Waals surface area contributed by atoms with E-state index in [2.05, 4.69) is 10.6 Å². The van der Waals surface area contributed by atoms with E-state index in [1.165, 1.54) is 0 Å². The van der Waals surface area contributed by atoms with Gasteiger partial charge < -0.3 is 15.7 Å². The van der Waals surface area contributed by atoms with Crippen molar-refractivity contribution in [2.45, 2.75) is 50.6 Å². The van der Waals surface area contributed by atoms with E-state index in [1.807, 2.05) is 0 Å². The number of carbonyl (C=O) groups excluding carboxylic acids is 2. The summed E-state index contributed by atoms with van der Waals surface area (Å²) in [5.41, 5.74) is 0. The van der Waals surface area contributed by atoms with Crippen LogP contribution in [-0.4, -0.2) is 35.6 Å². The predicted octanol–water partition coefficient (Wildman–Crippen LogP) is -0.0677. The van der Waals surface area contributed by atoms with Crippen LogP contribution in [0.4, 0.5) is 0 Å². The van der Waals surface area contributed by atoms with Crippen molar-refractivity contribution in [3.8, 4) is 0 Å². The fraction of sp³-hybridized carbons (Fsp3) is 0.833. The molecule has 17 heavy (non-hydrogen) atoms. The van der Waals surface area contributed by atoms with Gasteiger partial charge in [0.2, 0.25) is 0 Å². The molecule has 2 atom stereocenters. The second-order valence-corrected chi connectivity index (χ2v) is 5.05. The zero-order valence-electron chi connectivity index (χ0n) is 9.95. The van der Waals surface area contributed by atoms with Crippen LogP contribution in [0.2, 0.25) is 0 Å². The van der Waals surface area contributed by atoms with Crippen molar-refractivity contribution in [2.75, 3.05) is 6.61 Å². The minimum atomic E-state index is -0.553. The maximum atomic E-state index is 11.6. The molecule has 5 nitrogen and oxygen atoms in total. The molecule has 0 bridgehead atoms. The molecule has 96 valence electrons. The Kier molecular flexibility index (Phi) is 3.99. The number of rotatable bonds is 3. The van der Waals surface area contributed by atoms with Gasteiger partial charge in [-0.1, -0.05) is 12.8 Å². The predicted molar refractivity (Wildman–Crippen MR) is 62.1 cm³/mol. The number of hydrogen-bond donors (Lipinski definition) is 3. The Morgan fingerprint density at radius 1 is 1.00 bits per heavy atom. The molecule has 2 aliphatic carbocycles. The molecule has 2 saturated carbocycles.